The third-order valence-electron chi connectivity index (χ3n) is 5.27. The number of amides is 1. The summed E-state index contributed by atoms with van der Waals surface area (Å²) in [5, 5.41) is 7.21. The summed E-state index contributed by atoms with van der Waals surface area (Å²) in [6, 6.07) is 12.8. The van der Waals surface area contributed by atoms with Crippen LogP contribution >= 0.6 is 0 Å². The molecule has 1 aromatic carbocycles. The van der Waals surface area contributed by atoms with Crippen molar-refractivity contribution < 1.29 is 14.3 Å². The van der Waals surface area contributed by atoms with Gasteiger partial charge in [-0.1, -0.05) is 18.2 Å². The SMILES string of the molecule is COC(=O)C1CCCN(c2ccc3nc(NC(=O)c4ccccc4)nn3c2C)C1. The van der Waals surface area contributed by atoms with Crippen LogP contribution in [0.15, 0.2) is 42.5 Å². The van der Waals surface area contributed by atoms with Crippen molar-refractivity contribution in [3.8, 4) is 0 Å². The van der Waals surface area contributed by atoms with Crippen LogP contribution in [0.1, 0.15) is 28.9 Å². The molecule has 3 aromatic rings. The maximum Gasteiger partial charge on any atom is 0.310 e. The molecule has 29 heavy (non-hydrogen) atoms. The van der Waals surface area contributed by atoms with Crippen LogP contribution in [0.3, 0.4) is 0 Å². The highest BCUT2D eigenvalue weighted by atomic mass is 16.5. The number of pyridine rings is 1. The lowest BCUT2D eigenvalue weighted by Gasteiger charge is -2.33. The van der Waals surface area contributed by atoms with E-state index < -0.39 is 0 Å². The van der Waals surface area contributed by atoms with E-state index >= 15 is 0 Å². The molecule has 0 bridgehead atoms. The minimum absolute atomic E-state index is 0.125. The Morgan fingerprint density at radius 1 is 1.17 bits per heavy atom. The summed E-state index contributed by atoms with van der Waals surface area (Å²) in [5.74, 6) is -0.290. The molecule has 1 aliphatic rings. The van der Waals surface area contributed by atoms with E-state index in [2.05, 4.69) is 20.3 Å². The molecule has 1 unspecified atom stereocenters. The number of nitrogens with one attached hydrogen (secondary N) is 1. The Morgan fingerprint density at radius 3 is 2.72 bits per heavy atom. The number of piperidine rings is 1. The van der Waals surface area contributed by atoms with E-state index in [0.717, 1.165) is 30.8 Å². The zero-order valence-corrected chi connectivity index (χ0v) is 16.5. The average Bonchev–Trinajstić information content (AvgIpc) is 3.17. The first-order valence-corrected chi connectivity index (χ1v) is 9.62. The maximum absolute atomic E-state index is 12.4. The van der Waals surface area contributed by atoms with Crippen molar-refractivity contribution in [2.75, 3.05) is 30.4 Å². The Labute approximate surface area is 168 Å². The summed E-state index contributed by atoms with van der Waals surface area (Å²) >= 11 is 0. The number of ether oxygens (including phenoxy) is 1. The Kier molecular flexibility index (Phi) is 5.16. The standard InChI is InChI=1S/C21H23N5O3/c1-14-17(25-12-6-9-16(13-25)20(28)29-2)10-11-18-22-21(24-26(14)18)23-19(27)15-7-4-3-5-8-15/h3-5,7-8,10-11,16H,6,9,12-13H2,1-2H3,(H,23,24,27). The van der Waals surface area contributed by atoms with Crippen LogP contribution in [0.2, 0.25) is 0 Å². The van der Waals surface area contributed by atoms with Gasteiger partial charge < -0.3 is 9.64 Å². The second-order valence-corrected chi connectivity index (χ2v) is 7.14. The number of methoxy groups -OCH3 is 1. The fraction of sp³-hybridized carbons (Fsp3) is 0.333. The monoisotopic (exact) mass is 393 g/mol. The van der Waals surface area contributed by atoms with E-state index in [1.165, 1.54) is 7.11 Å². The molecule has 1 fully saturated rings. The van der Waals surface area contributed by atoms with E-state index in [-0.39, 0.29) is 23.7 Å². The molecule has 3 heterocycles. The van der Waals surface area contributed by atoms with Gasteiger partial charge in [0.15, 0.2) is 5.65 Å². The molecule has 2 aromatic heterocycles. The molecular weight excluding hydrogens is 370 g/mol. The molecule has 0 radical (unpaired) electrons. The number of carbonyl (C=O) groups is 2. The second kappa shape index (κ2) is 7.90. The van der Waals surface area contributed by atoms with Gasteiger partial charge in [0.25, 0.3) is 5.91 Å². The number of benzene rings is 1. The van der Waals surface area contributed by atoms with Crippen LogP contribution in [0, 0.1) is 12.8 Å². The molecule has 8 heteroatoms. The predicted octanol–water partition coefficient (Wildman–Crippen LogP) is 2.68. The van der Waals surface area contributed by atoms with Crippen molar-refractivity contribution in [1.82, 2.24) is 14.6 Å². The largest absolute Gasteiger partial charge is 0.469 e. The van der Waals surface area contributed by atoms with Gasteiger partial charge in [0.05, 0.1) is 24.4 Å². The van der Waals surface area contributed by atoms with Gasteiger partial charge in [0.1, 0.15) is 0 Å². The van der Waals surface area contributed by atoms with E-state index in [1.54, 1.807) is 16.6 Å². The van der Waals surface area contributed by atoms with E-state index in [4.69, 9.17) is 4.74 Å². The van der Waals surface area contributed by atoms with Gasteiger partial charge in [-0.15, -0.1) is 5.10 Å². The van der Waals surface area contributed by atoms with Crippen LogP contribution in [-0.4, -0.2) is 46.7 Å². The second-order valence-electron chi connectivity index (χ2n) is 7.14. The number of hydrogen-bond donors (Lipinski definition) is 1. The first-order chi connectivity index (χ1) is 14.1. The van der Waals surface area contributed by atoms with Gasteiger partial charge in [-0.05, 0) is 44.0 Å². The normalized spacial score (nSPS) is 16.6. The van der Waals surface area contributed by atoms with Crippen molar-refractivity contribution in [2.24, 2.45) is 5.92 Å². The fourth-order valence-corrected chi connectivity index (χ4v) is 3.77. The van der Waals surface area contributed by atoms with Gasteiger partial charge in [-0.25, -0.2) is 4.52 Å². The van der Waals surface area contributed by atoms with Crippen LogP contribution in [-0.2, 0) is 9.53 Å². The highest BCUT2D eigenvalue weighted by molar-refractivity contribution is 6.03. The molecule has 1 saturated heterocycles. The zero-order chi connectivity index (χ0) is 20.4. The lowest BCUT2D eigenvalue weighted by atomic mass is 9.97. The van der Waals surface area contributed by atoms with Crippen LogP contribution in [0.25, 0.3) is 5.65 Å². The molecule has 1 amide bonds. The van der Waals surface area contributed by atoms with Crippen molar-refractivity contribution in [3.05, 3.63) is 53.7 Å². The number of carbonyl (C=O) groups excluding carboxylic acids is 2. The van der Waals surface area contributed by atoms with Crippen molar-refractivity contribution in [3.63, 3.8) is 0 Å². The van der Waals surface area contributed by atoms with E-state index in [1.807, 2.05) is 37.3 Å². The average molecular weight is 393 g/mol. The van der Waals surface area contributed by atoms with Crippen molar-refractivity contribution in [2.45, 2.75) is 19.8 Å². The maximum atomic E-state index is 12.4. The number of rotatable bonds is 4. The molecule has 1 atom stereocenters. The Morgan fingerprint density at radius 2 is 1.97 bits per heavy atom. The molecule has 0 spiro atoms. The summed E-state index contributed by atoms with van der Waals surface area (Å²) in [6.45, 7) is 3.44. The molecule has 150 valence electrons. The number of aromatic nitrogens is 3. The van der Waals surface area contributed by atoms with Gasteiger partial charge in [0, 0.05) is 18.7 Å². The summed E-state index contributed by atoms with van der Waals surface area (Å²) in [6.07, 6.45) is 1.76. The first kappa shape index (κ1) is 18.9. The highest BCUT2D eigenvalue weighted by Crippen LogP contribution is 2.27. The van der Waals surface area contributed by atoms with E-state index in [9.17, 15) is 9.59 Å². The Balaban J connectivity index is 1.58. The number of aryl methyl sites for hydroxylation is 1. The Bertz CT molecular complexity index is 1050. The highest BCUT2D eigenvalue weighted by Gasteiger charge is 2.27. The number of nitrogens with zero attached hydrogens (tertiary/aromatic N) is 4. The summed E-state index contributed by atoms with van der Waals surface area (Å²) in [7, 11) is 1.43. The van der Waals surface area contributed by atoms with Crippen LogP contribution in [0.5, 0.6) is 0 Å². The number of hydrogen-bond acceptors (Lipinski definition) is 6. The molecule has 1 N–H and O–H groups in total. The molecule has 4 rings (SSSR count). The topological polar surface area (TPSA) is 88.8 Å². The third kappa shape index (κ3) is 3.78. The zero-order valence-electron chi connectivity index (χ0n) is 16.5. The smallest absolute Gasteiger partial charge is 0.310 e. The van der Waals surface area contributed by atoms with Crippen LogP contribution < -0.4 is 10.2 Å². The number of anilines is 2. The lowest BCUT2D eigenvalue weighted by molar-refractivity contribution is -0.145. The number of fused-ring (bicyclic) bond motifs is 1. The van der Waals surface area contributed by atoms with Crippen molar-refractivity contribution in [1.29, 1.82) is 0 Å². The molecule has 1 aliphatic heterocycles. The first-order valence-electron chi connectivity index (χ1n) is 9.62. The minimum Gasteiger partial charge on any atom is -0.469 e. The molecule has 8 nitrogen and oxygen atoms in total. The van der Waals surface area contributed by atoms with Gasteiger partial charge in [-0.3, -0.25) is 14.9 Å². The predicted molar refractivity (Wildman–Crippen MR) is 109 cm³/mol. The molecular formula is C21H23N5O3. The number of esters is 1. The van der Waals surface area contributed by atoms with Gasteiger partial charge in [0.2, 0.25) is 5.95 Å². The molecule has 0 saturated carbocycles. The summed E-state index contributed by atoms with van der Waals surface area (Å²) in [5.41, 5.74) is 3.10. The third-order valence-corrected chi connectivity index (χ3v) is 5.27. The Hall–Kier alpha value is -3.42. The van der Waals surface area contributed by atoms with Gasteiger partial charge in [-0.2, -0.15) is 4.98 Å². The quantitative estimate of drug-likeness (QED) is 0.686. The van der Waals surface area contributed by atoms with E-state index in [0.29, 0.717) is 17.8 Å². The minimum atomic E-state index is -0.253. The lowest BCUT2D eigenvalue weighted by Crippen LogP contribution is -2.39. The fourth-order valence-electron chi connectivity index (χ4n) is 3.77. The summed E-state index contributed by atoms with van der Waals surface area (Å²) in [4.78, 5) is 30.9. The van der Waals surface area contributed by atoms with Crippen molar-refractivity contribution >= 4 is 29.2 Å². The molecule has 0 aliphatic carbocycles. The van der Waals surface area contributed by atoms with Gasteiger partial charge >= 0.3 is 5.97 Å². The summed E-state index contributed by atoms with van der Waals surface area (Å²) < 4.78 is 6.64. The van der Waals surface area contributed by atoms with Crippen LogP contribution in [0.4, 0.5) is 11.6 Å².